The van der Waals surface area contributed by atoms with Gasteiger partial charge in [0, 0.05) is 29.7 Å². The number of amides is 2. The molecule has 0 saturated carbocycles. The minimum absolute atomic E-state index is 0.163. The van der Waals surface area contributed by atoms with Crippen LogP contribution in [0.5, 0.6) is 0 Å². The summed E-state index contributed by atoms with van der Waals surface area (Å²) in [5.74, 6) is -1.02. The molecule has 1 saturated heterocycles. The fourth-order valence-electron chi connectivity index (χ4n) is 5.65. The second-order valence-corrected chi connectivity index (χ2v) is 11.8. The molecule has 45 heavy (non-hydrogen) atoms. The monoisotopic (exact) mass is 643 g/mol. The van der Waals surface area contributed by atoms with Crippen LogP contribution in [0.4, 0.5) is 10.5 Å². The molecule has 4 aromatic rings. The summed E-state index contributed by atoms with van der Waals surface area (Å²) in [6.07, 6.45) is -0.611. The van der Waals surface area contributed by atoms with Crippen LogP contribution in [0.25, 0.3) is 0 Å². The Balaban J connectivity index is 1.31. The maximum absolute atomic E-state index is 13.9. The number of carbonyl (C=O) groups excluding carboxylic acids is 1. The Morgan fingerprint density at radius 3 is 2.13 bits per heavy atom. The molecule has 0 bridgehead atoms. The number of nitrogens with one attached hydrogen (secondary N) is 3. The van der Waals surface area contributed by atoms with E-state index >= 15 is 0 Å². The smallest absolute Gasteiger partial charge is 0.405 e. The van der Waals surface area contributed by atoms with E-state index in [0.717, 1.165) is 22.3 Å². The van der Waals surface area contributed by atoms with Crippen LogP contribution in [0, 0.1) is 0 Å². The lowest BCUT2D eigenvalue weighted by Crippen LogP contribution is -2.48. The summed E-state index contributed by atoms with van der Waals surface area (Å²) >= 11 is 6.46. The standard InChI is InChI=1S/C35H34ClN3O5S/c36-27-18-15-26(16-19-27)33(45-43)30-22-37-21-28(44-30)20-17-23-9-7-8-14-29(23)38-34(40)32(39-35(41)42)31(24-10-3-1-4-11-24)25-12-5-2-6-13-25/h1-16,18-19,28,30-32,37,39H,17,20-22H2,(H,38,40)(H,41,42)/t28-,30+,32+/m1/s1. The van der Waals surface area contributed by atoms with Crippen molar-refractivity contribution in [3.05, 3.63) is 136 Å². The number of halogens is 1. The first-order chi connectivity index (χ1) is 21.9. The Bertz CT molecular complexity index is 1610. The topological polar surface area (TPSA) is 117 Å². The number of carboxylic acid groups (broad SMARTS) is 1. The summed E-state index contributed by atoms with van der Waals surface area (Å²) in [6, 6.07) is 32.3. The van der Waals surface area contributed by atoms with Gasteiger partial charge in [0.05, 0.1) is 22.2 Å². The summed E-state index contributed by atoms with van der Waals surface area (Å²) in [6.45, 7) is 1.15. The third kappa shape index (κ3) is 8.46. The van der Waals surface area contributed by atoms with Gasteiger partial charge >= 0.3 is 6.09 Å². The van der Waals surface area contributed by atoms with Crippen molar-refractivity contribution in [2.45, 2.75) is 37.0 Å². The second-order valence-electron chi connectivity index (χ2n) is 10.8. The molecule has 0 spiro atoms. The Labute approximate surface area is 270 Å². The first kappa shape index (κ1) is 32.1. The maximum atomic E-state index is 13.9. The zero-order chi connectivity index (χ0) is 31.6. The average molecular weight is 644 g/mol. The summed E-state index contributed by atoms with van der Waals surface area (Å²) in [4.78, 5) is 26.4. The van der Waals surface area contributed by atoms with Gasteiger partial charge in [-0.3, -0.25) is 4.79 Å². The van der Waals surface area contributed by atoms with Crippen molar-refractivity contribution in [3.63, 3.8) is 0 Å². The largest absolute Gasteiger partial charge is 0.465 e. The van der Waals surface area contributed by atoms with Crippen LogP contribution in [0.3, 0.4) is 0 Å². The number of morpholine rings is 1. The molecule has 1 fully saturated rings. The van der Waals surface area contributed by atoms with Gasteiger partial charge in [-0.2, -0.15) is 0 Å². The Morgan fingerprint density at radius 2 is 1.51 bits per heavy atom. The lowest BCUT2D eigenvalue weighted by Gasteiger charge is -2.31. The van der Waals surface area contributed by atoms with Crippen molar-refractivity contribution >= 4 is 45.4 Å². The lowest BCUT2D eigenvalue weighted by atomic mass is 9.84. The molecule has 0 radical (unpaired) electrons. The SMILES string of the molecule is O=S=C(c1ccc(Cl)cc1)[C@@H]1CNC[C@@H](CCc2ccccc2NC(=O)[C@@H](NC(=O)O)C(c2ccccc2)c2ccccc2)O1. The van der Waals surface area contributed by atoms with E-state index < -0.39 is 30.1 Å². The highest BCUT2D eigenvalue weighted by Crippen LogP contribution is 2.30. The molecule has 232 valence electrons. The number of para-hydroxylation sites is 1. The van der Waals surface area contributed by atoms with Gasteiger partial charge < -0.3 is 25.8 Å². The number of carbonyl (C=O) groups is 2. The van der Waals surface area contributed by atoms with Crippen LogP contribution in [0.1, 0.15) is 34.6 Å². The van der Waals surface area contributed by atoms with Crippen molar-refractivity contribution in [2.75, 3.05) is 18.4 Å². The van der Waals surface area contributed by atoms with E-state index in [-0.39, 0.29) is 6.10 Å². The van der Waals surface area contributed by atoms with Crippen LogP contribution < -0.4 is 16.0 Å². The van der Waals surface area contributed by atoms with Crippen LogP contribution in [0.2, 0.25) is 5.02 Å². The summed E-state index contributed by atoms with van der Waals surface area (Å²) in [7, 11) is 0. The molecular weight excluding hydrogens is 610 g/mol. The lowest BCUT2D eigenvalue weighted by molar-refractivity contribution is -0.118. The fourth-order valence-corrected chi connectivity index (χ4v) is 6.25. The predicted octanol–water partition coefficient (Wildman–Crippen LogP) is 5.47. The highest BCUT2D eigenvalue weighted by atomic mass is 35.5. The van der Waals surface area contributed by atoms with Gasteiger partial charge in [0.15, 0.2) is 0 Å². The van der Waals surface area contributed by atoms with Crippen LogP contribution >= 0.6 is 11.6 Å². The van der Waals surface area contributed by atoms with Gasteiger partial charge in [0.25, 0.3) is 0 Å². The molecule has 4 aromatic carbocycles. The van der Waals surface area contributed by atoms with Crippen LogP contribution in [-0.2, 0) is 27.2 Å². The normalized spacial score (nSPS) is 16.8. The van der Waals surface area contributed by atoms with Crippen molar-refractivity contribution < 1.29 is 23.6 Å². The minimum Gasteiger partial charge on any atom is -0.465 e. The zero-order valence-electron chi connectivity index (χ0n) is 24.4. The summed E-state index contributed by atoms with van der Waals surface area (Å²) < 4.78 is 18.4. The van der Waals surface area contributed by atoms with Gasteiger partial charge in [-0.05, 0) is 53.3 Å². The molecule has 0 aromatic heterocycles. The van der Waals surface area contributed by atoms with Crippen molar-refractivity contribution in [1.29, 1.82) is 0 Å². The van der Waals surface area contributed by atoms with E-state index in [9.17, 15) is 18.9 Å². The van der Waals surface area contributed by atoms with E-state index in [0.29, 0.717) is 52.8 Å². The molecule has 0 unspecified atom stereocenters. The number of hydrogen-bond acceptors (Lipinski definition) is 5. The van der Waals surface area contributed by atoms with Crippen LogP contribution in [-0.4, -0.2) is 57.5 Å². The third-order valence-corrected chi connectivity index (χ3v) is 8.72. The second kappa shape index (κ2) is 15.6. The summed E-state index contributed by atoms with van der Waals surface area (Å²) in [5, 5.41) is 19.2. The van der Waals surface area contributed by atoms with Gasteiger partial charge in [-0.25, -0.2) is 9.00 Å². The van der Waals surface area contributed by atoms with E-state index in [1.54, 1.807) is 12.1 Å². The van der Waals surface area contributed by atoms with Gasteiger partial charge in [-0.1, -0.05) is 103 Å². The van der Waals surface area contributed by atoms with Crippen LogP contribution in [0.15, 0.2) is 109 Å². The number of aryl methyl sites for hydroxylation is 1. The Kier molecular flexibility index (Phi) is 11.2. The Hall–Kier alpha value is -4.28. The molecular formula is C35H34ClN3O5S. The highest BCUT2D eigenvalue weighted by Gasteiger charge is 2.33. The predicted molar refractivity (Wildman–Crippen MR) is 178 cm³/mol. The fraction of sp³-hybridized carbons (Fsp3) is 0.229. The van der Waals surface area contributed by atoms with E-state index in [2.05, 4.69) is 16.0 Å². The van der Waals surface area contributed by atoms with Crippen molar-refractivity contribution in [1.82, 2.24) is 10.6 Å². The molecule has 1 heterocycles. The molecule has 4 N–H and O–H groups in total. The van der Waals surface area contributed by atoms with Crippen molar-refractivity contribution in [2.24, 2.45) is 0 Å². The molecule has 5 rings (SSSR count). The van der Waals surface area contributed by atoms with E-state index in [1.165, 1.54) is 0 Å². The molecule has 2 amide bonds. The van der Waals surface area contributed by atoms with Gasteiger partial charge in [-0.15, -0.1) is 0 Å². The average Bonchev–Trinajstić information content (AvgIpc) is 3.06. The number of benzene rings is 4. The van der Waals surface area contributed by atoms with E-state index in [4.69, 9.17) is 16.3 Å². The van der Waals surface area contributed by atoms with Gasteiger partial charge in [0.1, 0.15) is 12.1 Å². The molecule has 0 aliphatic carbocycles. The van der Waals surface area contributed by atoms with Crippen molar-refractivity contribution in [3.8, 4) is 0 Å². The maximum Gasteiger partial charge on any atom is 0.405 e. The molecule has 10 heteroatoms. The number of ether oxygens (including phenoxy) is 1. The number of rotatable bonds is 11. The molecule has 8 nitrogen and oxygen atoms in total. The third-order valence-electron chi connectivity index (χ3n) is 7.79. The molecule has 1 aliphatic rings. The highest BCUT2D eigenvalue weighted by molar-refractivity contribution is 7.67. The zero-order valence-corrected chi connectivity index (χ0v) is 26.0. The summed E-state index contributed by atoms with van der Waals surface area (Å²) in [5.41, 5.74) is 3.90. The first-order valence-electron chi connectivity index (χ1n) is 14.7. The first-order valence-corrected chi connectivity index (χ1v) is 15.8. The van der Waals surface area contributed by atoms with E-state index in [1.807, 2.05) is 97.1 Å². The molecule has 1 aliphatic heterocycles. The minimum atomic E-state index is -1.29. The Morgan fingerprint density at radius 1 is 0.889 bits per heavy atom. The number of hydrogen-bond donors (Lipinski definition) is 4. The quantitative estimate of drug-likeness (QED) is 0.127. The number of anilines is 1. The van der Waals surface area contributed by atoms with Gasteiger partial charge in [0.2, 0.25) is 5.91 Å². The molecule has 3 atom stereocenters.